The van der Waals surface area contributed by atoms with Crippen LogP contribution in [0.1, 0.15) is 11.3 Å². The Labute approximate surface area is 160 Å². The van der Waals surface area contributed by atoms with Crippen LogP contribution in [-0.4, -0.2) is 24.7 Å². The lowest BCUT2D eigenvalue weighted by atomic mass is 10.1. The summed E-state index contributed by atoms with van der Waals surface area (Å²) in [6, 6.07) is 8.14. The van der Waals surface area contributed by atoms with E-state index in [4.69, 9.17) is 16.0 Å². The van der Waals surface area contributed by atoms with Gasteiger partial charge >= 0.3 is 0 Å². The highest BCUT2D eigenvalue weighted by atomic mass is 35.5. The Hall–Kier alpha value is -2.35. The lowest BCUT2D eigenvalue weighted by Gasteiger charge is -2.11. The second-order valence-corrected chi connectivity index (χ2v) is 9.06. The molecule has 0 spiro atoms. The first-order chi connectivity index (χ1) is 12.9. The first-order valence-electron chi connectivity index (χ1n) is 8.56. The number of rotatable bonds is 2. The number of halogens is 1. The highest BCUT2D eigenvalue weighted by Gasteiger charge is 2.25. The number of aryl methyl sites for hydroxylation is 1. The normalized spacial score (nSPS) is 14.7. The molecule has 5 rings (SSSR count). The lowest BCUT2D eigenvalue weighted by molar-refractivity contribution is 0.500. The van der Waals surface area contributed by atoms with Crippen LogP contribution in [0.25, 0.3) is 21.9 Å². The van der Waals surface area contributed by atoms with Gasteiger partial charge in [-0.05, 0) is 30.3 Å². The van der Waals surface area contributed by atoms with Gasteiger partial charge in [0.25, 0.3) is 0 Å². The molecule has 0 atom stereocenters. The van der Waals surface area contributed by atoms with Crippen LogP contribution >= 0.6 is 11.6 Å². The van der Waals surface area contributed by atoms with Crippen LogP contribution in [0.2, 0.25) is 5.02 Å². The molecule has 0 saturated heterocycles. The molecule has 1 aliphatic heterocycles. The first-order valence-corrected chi connectivity index (χ1v) is 10.4. The quantitative estimate of drug-likeness (QED) is 0.556. The Kier molecular flexibility index (Phi) is 3.62. The van der Waals surface area contributed by atoms with Crippen LogP contribution in [0.4, 0.5) is 0 Å². The third-order valence-corrected chi connectivity index (χ3v) is 7.08. The molecular weight excluding hydrogens is 386 g/mol. The van der Waals surface area contributed by atoms with E-state index < -0.39 is 9.84 Å². The summed E-state index contributed by atoms with van der Waals surface area (Å²) in [5.41, 5.74) is 2.40. The second kappa shape index (κ2) is 5.82. The van der Waals surface area contributed by atoms with Crippen molar-refractivity contribution in [2.45, 2.75) is 22.8 Å². The molecule has 0 saturated carbocycles. The minimum atomic E-state index is -3.72. The van der Waals surface area contributed by atoms with Crippen molar-refractivity contribution in [1.82, 2.24) is 15.1 Å². The van der Waals surface area contributed by atoms with Crippen LogP contribution in [-0.2, 0) is 29.9 Å². The Morgan fingerprint density at radius 3 is 2.93 bits per heavy atom. The van der Waals surface area contributed by atoms with Crippen molar-refractivity contribution >= 4 is 43.3 Å². The molecular formula is C19H16ClN3O3S. The van der Waals surface area contributed by atoms with Crippen LogP contribution in [0.3, 0.4) is 0 Å². The highest BCUT2D eigenvalue weighted by molar-refractivity contribution is 7.91. The smallest absolute Gasteiger partial charge is 0.206 e. The predicted octanol–water partition coefficient (Wildman–Crippen LogP) is 3.45. The zero-order valence-electron chi connectivity index (χ0n) is 14.5. The van der Waals surface area contributed by atoms with Gasteiger partial charge in [-0.1, -0.05) is 11.6 Å². The minimum absolute atomic E-state index is 0.164. The maximum absolute atomic E-state index is 13.2. The lowest BCUT2D eigenvalue weighted by Crippen LogP contribution is -2.22. The van der Waals surface area contributed by atoms with Gasteiger partial charge in [0.15, 0.2) is 5.58 Å². The maximum Gasteiger partial charge on any atom is 0.206 e. The second-order valence-electron chi connectivity index (χ2n) is 6.70. The molecule has 2 aromatic carbocycles. The van der Waals surface area contributed by atoms with Gasteiger partial charge in [0.05, 0.1) is 26.5 Å². The number of nitrogens with one attached hydrogen (secondary N) is 1. The van der Waals surface area contributed by atoms with Crippen molar-refractivity contribution in [1.29, 1.82) is 0 Å². The molecule has 1 N–H and O–H groups in total. The number of aromatic nitrogens is 2. The van der Waals surface area contributed by atoms with Crippen molar-refractivity contribution in [3.63, 3.8) is 0 Å². The summed E-state index contributed by atoms with van der Waals surface area (Å²) in [4.78, 5) is 0.381. The zero-order valence-corrected chi connectivity index (χ0v) is 16.1. The molecule has 0 aliphatic carbocycles. The molecule has 8 heteroatoms. The van der Waals surface area contributed by atoms with Crippen LogP contribution in [0, 0.1) is 0 Å². The molecule has 6 nitrogen and oxygen atoms in total. The summed E-state index contributed by atoms with van der Waals surface area (Å²) in [5.74, 6) is 0.872. The van der Waals surface area contributed by atoms with E-state index in [0.717, 1.165) is 40.6 Å². The van der Waals surface area contributed by atoms with E-state index in [9.17, 15) is 8.42 Å². The largest absolute Gasteiger partial charge is 0.459 e. The van der Waals surface area contributed by atoms with Crippen LogP contribution in [0.15, 0.2) is 50.7 Å². The Balaban J connectivity index is 1.70. The average Bonchev–Trinajstić information content (AvgIpc) is 3.23. The summed E-state index contributed by atoms with van der Waals surface area (Å²) in [6.07, 6.45) is 2.42. The number of fused-ring (bicyclic) bond motifs is 4. The van der Waals surface area contributed by atoms with E-state index >= 15 is 0 Å². The van der Waals surface area contributed by atoms with E-state index in [1.807, 2.05) is 7.05 Å². The minimum Gasteiger partial charge on any atom is -0.459 e. The standard InChI is InChI=1S/C19H16ClN3O3S/c1-23-17-3-2-12(6-11(17)9-22-23)27(24,25)13-7-14-15-10-21-5-4-18(15)26-19(14)16(20)8-13/h2-3,6-9,21H,4-5,10H2,1H3. The topological polar surface area (TPSA) is 77.1 Å². The van der Waals surface area contributed by atoms with Gasteiger partial charge in [-0.15, -0.1) is 0 Å². The molecule has 2 aromatic heterocycles. The first kappa shape index (κ1) is 16.8. The summed E-state index contributed by atoms with van der Waals surface area (Å²) < 4.78 is 34.1. The Morgan fingerprint density at radius 1 is 1.22 bits per heavy atom. The van der Waals surface area contributed by atoms with Crippen molar-refractivity contribution < 1.29 is 12.8 Å². The van der Waals surface area contributed by atoms with Gasteiger partial charge in [0, 0.05) is 42.9 Å². The summed E-state index contributed by atoms with van der Waals surface area (Å²) >= 11 is 6.38. The van der Waals surface area contributed by atoms with E-state index in [1.165, 1.54) is 6.07 Å². The number of furan rings is 1. The summed E-state index contributed by atoms with van der Waals surface area (Å²) in [7, 11) is -1.90. The molecule has 0 bridgehead atoms. The number of hydrogen-bond donors (Lipinski definition) is 1. The SMILES string of the molecule is Cn1ncc2cc(S(=O)(=O)c3cc(Cl)c4oc5c(c4c3)CNCC5)ccc21. The molecule has 138 valence electrons. The Bertz CT molecular complexity index is 1320. The third kappa shape index (κ3) is 2.50. The average molecular weight is 402 g/mol. The number of hydrogen-bond acceptors (Lipinski definition) is 5. The molecule has 1 aliphatic rings. The molecule has 27 heavy (non-hydrogen) atoms. The fourth-order valence-corrected chi connectivity index (χ4v) is 5.31. The third-order valence-electron chi connectivity index (χ3n) is 5.07. The number of nitrogens with zero attached hydrogens (tertiary/aromatic N) is 2. The highest BCUT2D eigenvalue weighted by Crippen LogP contribution is 2.36. The Morgan fingerprint density at radius 2 is 2.07 bits per heavy atom. The van der Waals surface area contributed by atoms with Crippen molar-refractivity contribution in [3.8, 4) is 0 Å². The number of benzene rings is 2. The monoisotopic (exact) mass is 401 g/mol. The summed E-state index contributed by atoms with van der Waals surface area (Å²) in [5, 5.41) is 9.30. The van der Waals surface area contributed by atoms with E-state index in [0.29, 0.717) is 17.2 Å². The van der Waals surface area contributed by atoms with Crippen LogP contribution in [0.5, 0.6) is 0 Å². The van der Waals surface area contributed by atoms with Gasteiger partial charge < -0.3 is 9.73 Å². The van der Waals surface area contributed by atoms with Gasteiger partial charge in [0.2, 0.25) is 9.84 Å². The molecule has 0 fully saturated rings. The maximum atomic E-state index is 13.2. The van der Waals surface area contributed by atoms with Gasteiger partial charge in [-0.25, -0.2) is 8.42 Å². The van der Waals surface area contributed by atoms with Crippen molar-refractivity contribution in [2.24, 2.45) is 7.05 Å². The molecule has 0 radical (unpaired) electrons. The molecule has 4 aromatic rings. The van der Waals surface area contributed by atoms with Crippen molar-refractivity contribution in [3.05, 3.63) is 52.9 Å². The number of sulfone groups is 1. The van der Waals surface area contributed by atoms with Gasteiger partial charge in [-0.2, -0.15) is 5.10 Å². The predicted molar refractivity (Wildman–Crippen MR) is 103 cm³/mol. The van der Waals surface area contributed by atoms with Gasteiger partial charge in [-0.3, -0.25) is 4.68 Å². The van der Waals surface area contributed by atoms with Crippen molar-refractivity contribution in [2.75, 3.05) is 6.54 Å². The van der Waals surface area contributed by atoms with E-state index in [2.05, 4.69) is 10.4 Å². The molecule has 0 amide bonds. The van der Waals surface area contributed by atoms with E-state index in [-0.39, 0.29) is 9.79 Å². The van der Waals surface area contributed by atoms with Crippen LogP contribution < -0.4 is 5.32 Å². The van der Waals surface area contributed by atoms with E-state index in [1.54, 1.807) is 35.1 Å². The molecule has 0 unspecified atom stereocenters. The summed E-state index contributed by atoms with van der Waals surface area (Å²) in [6.45, 7) is 1.48. The zero-order chi connectivity index (χ0) is 18.8. The fraction of sp³-hybridized carbons (Fsp3) is 0.211. The fourth-order valence-electron chi connectivity index (χ4n) is 3.64. The van der Waals surface area contributed by atoms with Gasteiger partial charge in [0.1, 0.15) is 5.76 Å². The molecule has 3 heterocycles.